The molecule has 3 nitrogen and oxygen atoms in total. The SMILES string of the molecule is CNCCC1CCN(C(=O)c2ccccc2Br)CC1. The molecule has 19 heavy (non-hydrogen) atoms. The van der Waals surface area contributed by atoms with Gasteiger partial charge in [-0.25, -0.2) is 0 Å². The van der Waals surface area contributed by atoms with E-state index in [1.165, 1.54) is 6.42 Å². The molecule has 1 heterocycles. The fourth-order valence-electron chi connectivity index (χ4n) is 2.58. The van der Waals surface area contributed by atoms with E-state index in [-0.39, 0.29) is 5.91 Å². The molecule has 0 bridgehead atoms. The Kier molecular flexibility index (Phi) is 5.40. The lowest BCUT2D eigenvalue weighted by atomic mass is 9.93. The summed E-state index contributed by atoms with van der Waals surface area (Å²) in [5.74, 6) is 0.912. The molecule has 0 saturated carbocycles. The fourth-order valence-corrected chi connectivity index (χ4v) is 3.03. The van der Waals surface area contributed by atoms with Gasteiger partial charge < -0.3 is 10.2 Å². The van der Waals surface area contributed by atoms with Crippen LogP contribution in [0.2, 0.25) is 0 Å². The summed E-state index contributed by atoms with van der Waals surface area (Å²) in [6, 6.07) is 7.66. The third kappa shape index (κ3) is 3.80. The summed E-state index contributed by atoms with van der Waals surface area (Å²) >= 11 is 3.45. The van der Waals surface area contributed by atoms with E-state index in [1.54, 1.807) is 0 Å². The number of amides is 1. The van der Waals surface area contributed by atoms with E-state index in [0.717, 1.165) is 48.4 Å². The standard InChI is InChI=1S/C15H21BrN2O/c1-17-9-6-12-7-10-18(11-8-12)15(19)13-4-2-3-5-14(13)16/h2-5,12,17H,6-11H2,1H3. The number of piperidine rings is 1. The van der Waals surface area contributed by atoms with Crippen LogP contribution in [0.15, 0.2) is 28.7 Å². The van der Waals surface area contributed by atoms with E-state index in [4.69, 9.17) is 0 Å². The maximum absolute atomic E-state index is 12.4. The molecule has 1 aliphatic heterocycles. The van der Waals surface area contributed by atoms with E-state index < -0.39 is 0 Å². The van der Waals surface area contributed by atoms with Gasteiger partial charge in [-0.2, -0.15) is 0 Å². The second-order valence-corrected chi connectivity index (χ2v) is 5.96. The average molecular weight is 325 g/mol. The molecular weight excluding hydrogens is 304 g/mol. The highest BCUT2D eigenvalue weighted by Gasteiger charge is 2.24. The monoisotopic (exact) mass is 324 g/mol. The van der Waals surface area contributed by atoms with Crippen LogP contribution in [0.25, 0.3) is 0 Å². The fraction of sp³-hybridized carbons (Fsp3) is 0.533. The summed E-state index contributed by atoms with van der Waals surface area (Å²) in [6.07, 6.45) is 3.46. The molecule has 0 aliphatic carbocycles. The highest BCUT2D eigenvalue weighted by molar-refractivity contribution is 9.10. The molecule has 1 aromatic rings. The number of likely N-dealkylation sites (tertiary alicyclic amines) is 1. The van der Waals surface area contributed by atoms with Gasteiger partial charge >= 0.3 is 0 Å². The molecule has 2 rings (SSSR count). The molecule has 0 spiro atoms. The van der Waals surface area contributed by atoms with Gasteiger partial charge in [0.2, 0.25) is 0 Å². The Morgan fingerprint density at radius 2 is 2.05 bits per heavy atom. The van der Waals surface area contributed by atoms with Gasteiger partial charge in [-0.1, -0.05) is 12.1 Å². The topological polar surface area (TPSA) is 32.3 Å². The van der Waals surface area contributed by atoms with Crippen molar-refractivity contribution in [3.05, 3.63) is 34.3 Å². The predicted molar refractivity (Wildman–Crippen MR) is 81.3 cm³/mol. The molecule has 0 unspecified atom stereocenters. The van der Waals surface area contributed by atoms with Gasteiger partial charge in [-0.3, -0.25) is 4.79 Å². The highest BCUT2D eigenvalue weighted by atomic mass is 79.9. The predicted octanol–water partition coefficient (Wildman–Crippen LogP) is 2.91. The third-order valence-electron chi connectivity index (χ3n) is 3.81. The number of nitrogens with one attached hydrogen (secondary N) is 1. The summed E-state index contributed by atoms with van der Waals surface area (Å²) in [6.45, 7) is 2.84. The maximum atomic E-state index is 12.4. The Labute approximate surface area is 123 Å². The zero-order chi connectivity index (χ0) is 13.7. The first-order valence-corrected chi connectivity index (χ1v) is 7.70. The van der Waals surface area contributed by atoms with E-state index in [1.807, 2.05) is 36.2 Å². The van der Waals surface area contributed by atoms with E-state index in [0.29, 0.717) is 0 Å². The number of hydrogen-bond donors (Lipinski definition) is 1. The molecule has 4 heteroatoms. The zero-order valence-electron chi connectivity index (χ0n) is 11.4. The Bertz CT molecular complexity index is 428. The molecular formula is C15H21BrN2O. The van der Waals surface area contributed by atoms with Gasteiger partial charge in [0, 0.05) is 17.6 Å². The second-order valence-electron chi connectivity index (χ2n) is 5.11. The Hall–Kier alpha value is -0.870. The number of carbonyl (C=O) groups excluding carboxylic acids is 1. The van der Waals surface area contributed by atoms with E-state index in [2.05, 4.69) is 21.2 Å². The summed E-state index contributed by atoms with van der Waals surface area (Å²) < 4.78 is 0.886. The first-order chi connectivity index (χ1) is 9.22. The molecule has 0 atom stereocenters. The van der Waals surface area contributed by atoms with Crippen molar-refractivity contribution >= 4 is 21.8 Å². The lowest BCUT2D eigenvalue weighted by Gasteiger charge is -2.32. The number of rotatable bonds is 4. The largest absolute Gasteiger partial charge is 0.339 e. The van der Waals surface area contributed by atoms with Crippen molar-refractivity contribution in [2.75, 3.05) is 26.7 Å². The van der Waals surface area contributed by atoms with Crippen LogP contribution < -0.4 is 5.32 Å². The van der Waals surface area contributed by atoms with Gasteiger partial charge in [-0.05, 0) is 66.8 Å². The van der Waals surface area contributed by atoms with Crippen LogP contribution in [-0.4, -0.2) is 37.5 Å². The van der Waals surface area contributed by atoms with Crippen molar-refractivity contribution in [2.24, 2.45) is 5.92 Å². The molecule has 1 amide bonds. The molecule has 1 saturated heterocycles. The van der Waals surface area contributed by atoms with Gasteiger partial charge in [-0.15, -0.1) is 0 Å². The van der Waals surface area contributed by atoms with Gasteiger partial charge in [0.05, 0.1) is 5.56 Å². The second kappa shape index (κ2) is 7.06. The highest BCUT2D eigenvalue weighted by Crippen LogP contribution is 2.23. The average Bonchev–Trinajstić information content (AvgIpc) is 2.45. The van der Waals surface area contributed by atoms with Crippen molar-refractivity contribution in [1.29, 1.82) is 0 Å². The van der Waals surface area contributed by atoms with Crippen molar-refractivity contribution in [3.63, 3.8) is 0 Å². The summed E-state index contributed by atoms with van der Waals surface area (Å²) in [7, 11) is 1.99. The minimum atomic E-state index is 0.152. The quantitative estimate of drug-likeness (QED) is 0.923. The molecule has 104 valence electrons. The van der Waals surface area contributed by atoms with Crippen molar-refractivity contribution < 1.29 is 4.79 Å². The number of benzene rings is 1. The number of halogens is 1. The Morgan fingerprint density at radius 1 is 1.37 bits per heavy atom. The Balaban J connectivity index is 1.91. The van der Waals surface area contributed by atoms with Crippen molar-refractivity contribution in [1.82, 2.24) is 10.2 Å². The first-order valence-electron chi connectivity index (χ1n) is 6.90. The van der Waals surface area contributed by atoms with Crippen LogP contribution in [-0.2, 0) is 0 Å². The van der Waals surface area contributed by atoms with Crippen LogP contribution in [0.4, 0.5) is 0 Å². The molecule has 1 aromatic carbocycles. The smallest absolute Gasteiger partial charge is 0.254 e. The molecule has 1 N–H and O–H groups in total. The lowest BCUT2D eigenvalue weighted by Crippen LogP contribution is -2.39. The zero-order valence-corrected chi connectivity index (χ0v) is 12.9. The van der Waals surface area contributed by atoms with Gasteiger partial charge in [0.25, 0.3) is 5.91 Å². The normalized spacial score (nSPS) is 16.6. The molecule has 0 aromatic heterocycles. The van der Waals surface area contributed by atoms with Crippen LogP contribution in [0, 0.1) is 5.92 Å². The number of hydrogen-bond acceptors (Lipinski definition) is 2. The molecule has 1 fully saturated rings. The Morgan fingerprint density at radius 3 is 2.68 bits per heavy atom. The van der Waals surface area contributed by atoms with Crippen LogP contribution in [0.3, 0.4) is 0 Å². The van der Waals surface area contributed by atoms with Crippen LogP contribution in [0.5, 0.6) is 0 Å². The van der Waals surface area contributed by atoms with Crippen LogP contribution in [0.1, 0.15) is 29.6 Å². The van der Waals surface area contributed by atoms with Crippen molar-refractivity contribution in [3.8, 4) is 0 Å². The molecule has 1 aliphatic rings. The maximum Gasteiger partial charge on any atom is 0.254 e. The van der Waals surface area contributed by atoms with Gasteiger partial charge in [0.15, 0.2) is 0 Å². The third-order valence-corrected chi connectivity index (χ3v) is 4.50. The van der Waals surface area contributed by atoms with Gasteiger partial charge in [0.1, 0.15) is 0 Å². The summed E-state index contributed by atoms with van der Waals surface area (Å²) in [4.78, 5) is 14.4. The van der Waals surface area contributed by atoms with E-state index in [9.17, 15) is 4.79 Å². The minimum absolute atomic E-state index is 0.152. The minimum Gasteiger partial charge on any atom is -0.339 e. The van der Waals surface area contributed by atoms with E-state index >= 15 is 0 Å². The lowest BCUT2D eigenvalue weighted by molar-refractivity contribution is 0.0686. The summed E-state index contributed by atoms with van der Waals surface area (Å²) in [5, 5.41) is 3.20. The number of nitrogens with zero attached hydrogens (tertiary/aromatic N) is 1. The van der Waals surface area contributed by atoms with Crippen molar-refractivity contribution in [2.45, 2.75) is 19.3 Å². The summed E-state index contributed by atoms with van der Waals surface area (Å²) in [5.41, 5.74) is 0.774. The molecule has 0 radical (unpaired) electrons. The number of carbonyl (C=O) groups is 1. The van der Waals surface area contributed by atoms with Crippen LogP contribution >= 0.6 is 15.9 Å². The first kappa shape index (κ1) is 14.5.